The van der Waals surface area contributed by atoms with Crippen LogP contribution in [0.15, 0.2) is 12.1 Å². The molecule has 0 atom stereocenters. The van der Waals surface area contributed by atoms with Crippen LogP contribution in [0.1, 0.15) is 13.8 Å². The van der Waals surface area contributed by atoms with E-state index in [1.54, 1.807) is 33.5 Å². The minimum atomic E-state index is 0.0560. The van der Waals surface area contributed by atoms with Crippen LogP contribution in [0, 0.1) is 5.41 Å². The van der Waals surface area contributed by atoms with Gasteiger partial charge >= 0.3 is 0 Å². The zero-order chi connectivity index (χ0) is 14.5. The first-order chi connectivity index (χ1) is 8.97. The number of ether oxygens (including phenoxy) is 4. The molecule has 0 N–H and O–H groups in total. The molecule has 0 bridgehead atoms. The summed E-state index contributed by atoms with van der Waals surface area (Å²) in [5.74, 6) is 2.45. The summed E-state index contributed by atoms with van der Waals surface area (Å²) in [6.45, 7) is 4.84. The van der Waals surface area contributed by atoms with Gasteiger partial charge in [0.2, 0.25) is 5.75 Å². The summed E-state index contributed by atoms with van der Waals surface area (Å²) in [6.07, 6.45) is 0. The van der Waals surface area contributed by atoms with Crippen LogP contribution in [0.25, 0.3) is 0 Å². The van der Waals surface area contributed by atoms with Gasteiger partial charge in [-0.3, -0.25) is 0 Å². The third-order valence-corrected chi connectivity index (χ3v) is 4.15. The van der Waals surface area contributed by atoms with Crippen molar-refractivity contribution in [3.63, 3.8) is 0 Å². The van der Waals surface area contributed by atoms with Gasteiger partial charge in [0.05, 0.1) is 27.9 Å². The molecule has 1 rings (SSSR count). The van der Waals surface area contributed by atoms with Gasteiger partial charge in [0.25, 0.3) is 0 Å². The van der Waals surface area contributed by atoms with E-state index in [1.165, 1.54) is 0 Å². The molecule has 0 aromatic heterocycles. The first kappa shape index (κ1) is 16.0. The summed E-state index contributed by atoms with van der Waals surface area (Å²) in [6, 6.07) is 3.59. The molecule has 0 aliphatic carbocycles. The predicted molar refractivity (Wildman–Crippen MR) is 79.2 cm³/mol. The van der Waals surface area contributed by atoms with Gasteiger partial charge in [0.1, 0.15) is 5.75 Å². The minimum absolute atomic E-state index is 0.0560. The zero-order valence-corrected chi connectivity index (χ0v) is 13.7. The van der Waals surface area contributed by atoms with E-state index in [9.17, 15) is 0 Å². The van der Waals surface area contributed by atoms with Gasteiger partial charge in [-0.25, -0.2) is 0 Å². The van der Waals surface area contributed by atoms with Crippen molar-refractivity contribution >= 4 is 15.9 Å². The minimum Gasteiger partial charge on any atom is -0.493 e. The Morgan fingerprint density at radius 1 is 1.00 bits per heavy atom. The highest BCUT2D eigenvalue weighted by Crippen LogP contribution is 2.41. The number of hydrogen-bond acceptors (Lipinski definition) is 4. The van der Waals surface area contributed by atoms with E-state index in [-0.39, 0.29) is 5.41 Å². The Bertz CT molecular complexity index is 393. The van der Waals surface area contributed by atoms with Gasteiger partial charge in [-0.1, -0.05) is 29.8 Å². The van der Waals surface area contributed by atoms with E-state index in [4.69, 9.17) is 18.9 Å². The second-order valence-corrected chi connectivity index (χ2v) is 5.51. The topological polar surface area (TPSA) is 36.9 Å². The molecule has 1 aromatic rings. The van der Waals surface area contributed by atoms with Crippen LogP contribution in [-0.2, 0) is 0 Å². The van der Waals surface area contributed by atoms with Gasteiger partial charge < -0.3 is 18.9 Å². The number of rotatable bonds is 7. The van der Waals surface area contributed by atoms with Crippen molar-refractivity contribution in [3.8, 4) is 23.0 Å². The van der Waals surface area contributed by atoms with Crippen molar-refractivity contribution in [2.24, 2.45) is 5.41 Å². The normalized spacial score (nSPS) is 11.1. The lowest BCUT2D eigenvalue weighted by atomic mass is 9.98. The monoisotopic (exact) mass is 332 g/mol. The lowest BCUT2D eigenvalue weighted by molar-refractivity contribution is 0.201. The molecule has 0 aliphatic heterocycles. The Hall–Kier alpha value is -1.10. The van der Waals surface area contributed by atoms with Crippen molar-refractivity contribution in [2.45, 2.75) is 13.8 Å². The van der Waals surface area contributed by atoms with E-state index < -0.39 is 0 Å². The number of hydrogen-bond donors (Lipinski definition) is 0. The highest BCUT2D eigenvalue weighted by molar-refractivity contribution is 9.09. The van der Waals surface area contributed by atoms with Crippen molar-refractivity contribution in [2.75, 3.05) is 33.3 Å². The summed E-state index contributed by atoms with van der Waals surface area (Å²) in [4.78, 5) is 0. The third-order valence-electron chi connectivity index (χ3n) is 2.63. The maximum absolute atomic E-state index is 5.80. The second-order valence-electron chi connectivity index (χ2n) is 4.95. The molecule has 5 heteroatoms. The van der Waals surface area contributed by atoms with E-state index in [2.05, 4.69) is 29.8 Å². The number of methoxy groups -OCH3 is 3. The molecular weight excluding hydrogens is 312 g/mol. The molecule has 0 aliphatic rings. The van der Waals surface area contributed by atoms with Crippen LogP contribution in [0.3, 0.4) is 0 Å². The summed E-state index contributed by atoms with van der Waals surface area (Å²) >= 11 is 3.47. The Morgan fingerprint density at radius 2 is 1.53 bits per heavy atom. The molecule has 108 valence electrons. The van der Waals surface area contributed by atoms with E-state index in [0.717, 1.165) is 5.33 Å². The molecule has 19 heavy (non-hydrogen) atoms. The first-order valence-electron chi connectivity index (χ1n) is 5.96. The van der Waals surface area contributed by atoms with Crippen molar-refractivity contribution in [1.29, 1.82) is 0 Å². The molecular formula is C14H21BrO4. The summed E-state index contributed by atoms with van der Waals surface area (Å²) < 4.78 is 21.6. The average Bonchev–Trinajstić information content (AvgIpc) is 2.43. The van der Waals surface area contributed by atoms with Crippen molar-refractivity contribution < 1.29 is 18.9 Å². The Morgan fingerprint density at radius 3 is 1.89 bits per heavy atom. The van der Waals surface area contributed by atoms with E-state index in [0.29, 0.717) is 29.6 Å². The van der Waals surface area contributed by atoms with Crippen LogP contribution in [-0.4, -0.2) is 33.3 Å². The smallest absolute Gasteiger partial charge is 0.203 e. The lowest BCUT2D eigenvalue weighted by Crippen LogP contribution is -2.22. The molecule has 1 aromatic carbocycles. The molecule has 0 saturated carbocycles. The fraction of sp³-hybridized carbons (Fsp3) is 0.571. The molecule has 0 heterocycles. The van der Waals surface area contributed by atoms with Crippen LogP contribution < -0.4 is 18.9 Å². The lowest BCUT2D eigenvalue weighted by Gasteiger charge is -2.22. The summed E-state index contributed by atoms with van der Waals surface area (Å²) in [5.41, 5.74) is 0.0560. The highest BCUT2D eigenvalue weighted by Gasteiger charge is 2.19. The molecule has 0 spiro atoms. The van der Waals surface area contributed by atoms with E-state index >= 15 is 0 Å². The van der Waals surface area contributed by atoms with Gasteiger partial charge in [-0.2, -0.15) is 0 Å². The predicted octanol–water partition coefficient (Wildman–Crippen LogP) is 3.51. The van der Waals surface area contributed by atoms with Gasteiger partial charge in [0.15, 0.2) is 11.5 Å². The molecule has 0 unspecified atom stereocenters. The fourth-order valence-electron chi connectivity index (χ4n) is 1.46. The Labute approximate surface area is 123 Å². The standard InChI is InChI=1S/C14H21BrO4/c1-14(2,8-15)9-19-10-6-11(16-3)13(18-5)12(7-10)17-4/h6-7H,8-9H2,1-5H3. The number of alkyl halides is 1. The second kappa shape index (κ2) is 6.89. The van der Waals surface area contributed by atoms with Crippen LogP contribution >= 0.6 is 15.9 Å². The van der Waals surface area contributed by atoms with Gasteiger partial charge in [-0.05, 0) is 0 Å². The summed E-state index contributed by atoms with van der Waals surface area (Å²) in [5, 5.41) is 0.866. The van der Waals surface area contributed by atoms with Crippen molar-refractivity contribution in [3.05, 3.63) is 12.1 Å². The van der Waals surface area contributed by atoms with Gasteiger partial charge in [-0.15, -0.1) is 0 Å². The maximum atomic E-state index is 5.80. The Balaban J connectivity index is 2.97. The zero-order valence-electron chi connectivity index (χ0n) is 12.1. The van der Waals surface area contributed by atoms with Gasteiger partial charge in [0, 0.05) is 22.9 Å². The van der Waals surface area contributed by atoms with Crippen LogP contribution in [0.5, 0.6) is 23.0 Å². The third kappa shape index (κ3) is 4.20. The molecule has 0 saturated heterocycles. The van der Waals surface area contributed by atoms with E-state index in [1.807, 2.05) is 0 Å². The number of benzene rings is 1. The van der Waals surface area contributed by atoms with Crippen molar-refractivity contribution in [1.82, 2.24) is 0 Å². The molecule has 0 amide bonds. The first-order valence-corrected chi connectivity index (χ1v) is 7.08. The quantitative estimate of drug-likeness (QED) is 0.716. The maximum Gasteiger partial charge on any atom is 0.203 e. The van der Waals surface area contributed by atoms with Crippen LogP contribution in [0.2, 0.25) is 0 Å². The largest absolute Gasteiger partial charge is 0.493 e. The molecule has 0 radical (unpaired) electrons. The average molecular weight is 333 g/mol. The molecule has 0 fully saturated rings. The molecule has 4 nitrogen and oxygen atoms in total. The number of halogens is 1. The Kier molecular flexibility index (Phi) is 5.79. The van der Waals surface area contributed by atoms with Crippen LogP contribution in [0.4, 0.5) is 0 Å². The summed E-state index contributed by atoms with van der Waals surface area (Å²) in [7, 11) is 4.75. The SMILES string of the molecule is COc1cc(OCC(C)(C)CBr)cc(OC)c1OC. The fourth-order valence-corrected chi connectivity index (χ4v) is 1.62. The highest BCUT2D eigenvalue weighted by atomic mass is 79.9.